The number of morpholine rings is 1. The Morgan fingerprint density at radius 1 is 1.33 bits per heavy atom. The molecule has 1 aliphatic rings. The summed E-state index contributed by atoms with van der Waals surface area (Å²) >= 11 is 0. The number of ether oxygens (including phenoxy) is 1. The SMILES string of the molecule is CCCc1cc(CN(C)C(=O)Nc2ccccc2CN2CCOCC2)[nH]n1. The molecule has 0 atom stereocenters. The number of hydrogen-bond donors (Lipinski definition) is 2. The van der Waals surface area contributed by atoms with Crippen molar-refractivity contribution >= 4 is 11.7 Å². The summed E-state index contributed by atoms with van der Waals surface area (Å²) in [6, 6.07) is 9.88. The minimum absolute atomic E-state index is 0.129. The predicted molar refractivity (Wildman–Crippen MR) is 106 cm³/mol. The second kappa shape index (κ2) is 9.53. The van der Waals surface area contributed by atoms with Gasteiger partial charge in [-0.2, -0.15) is 5.10 Å². The Bertz CT molecular complexity index is 739. The van der Waals surface area contributed by atoms with Crippen molar-refractivity contribution in [3.63, 3.8) is 0 Å². The molecule has 3 rings (SSSR count). The van der Waals surface area contributed by atoms with Crippen molar-refractivity contribution in [2.75, 3.05) is 38.7 Å². The quantitative estimate of drug-likeness (QED) is 0.785. The zero-order chi connectivity index (χ0) is 19.1. The average Bonchev–Trinajstić information content (AvgIpc) is 3.11. The minimum atomic E-state index is -0.129. The highest BCUT2D eigenvalue weighted by Crippen LogP contribution is 2.18. The van der Waals surface area contributed by atoms with E-state index in [0.29, 0.717) is 6.54 Å². The summed E-state index contributed by atoms with van der Waals surface area (Å²) in [5.41, 5.74) is 3.96. The number of urea groups is 1. The molecule has 7 nitrogen and oxygen atoms in total. The Morgan fingerprint density at radius 3 is 2.89 bits per heavy atom. The van der Waals surface area contributed by atoms with Crippen LogP contribution in [0.4, 0.5) is 10.5 Å². The Balaban J connectivity index is 1.59. The number of anilines is 1. The standard InChI is InChI=1S/C20H29N5O2/c1-3-6-17-13-18(23-22-17)15-24(2)20(26)21-19-8-5-4-7-16(19)14-25-9-11-27-12-10-25/h4-5,7-8,13H,3,6,9-12,14-15H2,1-2H3,(H,21,26)(H,22,23). The molecule has 2 N–H and O–H groups in total. The second-order valence-electron chi connectivity index (χ2n) is 6.97. The highest BCUT2D eigenvalue weighted by molar-refractivity contribution is 5.89. The van der Waals surface area contributed by atoms with Crippen LogP contribution in [-0.4, -0.2) is 59.4 Å². The van der Waals surface area contributed by atoms with E-state index in [1.807, 2.05) is 24.3 Å². The van der Waals surface area contributed by atoms with Crippen LogP contribution in [0.25, 0.3) is 0 Å². The van der Waals surface area contributed by atoms with Gasteiger partial charge >= 0.3 is 6.03 Å². The van der Waals surface area contributed by atoms with Crippen LogP contribution >= 0.6 is 0 Å². The molecule has 2 amide bonds. The Kier molecular flexibility index (Phi) is 6.84. The molecule has 27 heavy (non-hydrogen) atoms. The van der Waals surface area contributed by atoms with Crippen LogP contribution in [0.3, 0.4) is 0 Å². The van der Waals surface area contributed by atoms with E-state index in [0.717, 1.165) is 68.3 Å². The Morgan fingerprint density at radius 2 is 2.11 bits per heavy atom. The number of amides is 2. The fraction of sp³-hybridized carbons (Fsp3) is 0.500. The van der Waals surface area contributed by atoms with E-state index in [1.165, 1.54) is 0 Å². The van der Waals surface area contributed by atoms with E-state index >= 15 is 0 Å². The maximum Gasteiger partial charge on any atom is 0.321 e. The number of hydrogen-bond acceptors (Lipinski definition) is 4. The number of nitrogens with zero attached hydrogens (tertiary/aromatic N) is 3. The van der Waals surface area contributed by atoms with Gasteiger partial charge in [0.05, 0.1) is 31.1 Å². The number of H-pyrrole nitrogens is 1. The maximum atomic E-state index is 12.6. The molecule has 0 radical (unpaired) electrons. The number of rotatable bonds is 7. The first-order valence-corrected chi connectivity index (χ1v) is 9.59. The summed E-state index contributed by atoms with van der Waals surface area (Å²) in [4.78, 5) is 16.6. The number of carbonyl (C=O) groups excluding carboxylic acids is 1. The topological polar surface area (TPSA) is 73.5 Å². The zero-order valence-electron chi connectivity index (χ0n) is 16.2. The lowest BCUT2D eigenvalue weighted by Crippen LogP contribution is -2.36. The third-order valence-electron chi connectivity index (χ3n) is 4.70. The summed E-state index contributed by atoms with van der Waals surface area (Å²) < 4.78 is 5.41. The van der Waals surface area contributed by atoms with Gasteiger partial charge in [-0.05, 0) is 24.1 Å². The van der Waals surface area contributed by atoms with Crippen LogP contribution in [-0.2, 0) is 24.2 Å². The molecule has 146 valence electrons. The maximum absolute atomic E-state index is 12.6. The average molecular weight is 371 g/mol. The normalized spacial score (nSPS) is 14.9. The van der Waals surface area contributed by atoms with E-state index in [9.17, 15) is 4.79 Å². The highest BCUT2D eigenvalue weighted by atomic mass is 16.5. The van der Waals surface area contributed by atoms with Gasteiger partial charge in [-0.3, -0.25) is 10.00 Å². The van der Waals surface area contributed by atoms with Gasteiger partial charge in [0.2, 0.25) is 0 Å². The van der Waals surface area contributed by atoms with E-state index in [2.05, 4.69) is 33.4 Å². The Labute approximate surface area is 160 Å². The molecular formula is C20H29N5O2. The molecular weight excluding hydrogens is 342 g/mol. The fourth-order valence-corrected chi connectivity index (χ4v) is 3.19. The summed E-state index contributed by atoms with van der Waals surface area (Å²) in [7, 11) is 1.79. The van der Waals surface area contributed by atoms with E-state index in [4.69, 9.17) is 4.74 Å². The number of aromatic amines is 1. The van der Waals surface area contributed by atoms with E-state index in [-0.39, 0.29) is 6.03 Å². The van der Waals surface area contributed by atoms with Crippen molar-refractivity contribution in [3.8, 4) is 0 Å². The number of carbonyl (C=O) groups is 1. The van der Waals surface area contributed by atoms with Crippen LogP contribution < -0.4 is 5.32 Å². The first kappa shape index (κ1) is 19.4. The van der Waals surface area contributed by atoms with Crippen molar-refractivity contribution in [2.45, 2.75) is 32.9 Å². The molecule has 0 unspecified atom stereocenters. The van der Waals surface area contributed by atoms with Gasteiger partial charge in [-0.1, -0.05) is 31.5 Å². The molecule has 0 saturated carbocycles. The van der Waals surface area contributed by atoms with Crippen molar-refractivity contribution in [1.29, 1.82) is 0 Å². The van der Waals surface area contributed by atoms with Crippen molar-refractivity contribution in [3.05, 3.63) is 47.3 Å². The smallest absolute Gasteiger partial charge is 0.321 e. The lowest BCUT2D eigenvalue weighted by Gasteiger charge is -2.27. The Hall–Kier alpha value is -2.38. The van der Waals surface area contributed by atoms with Crippen LogP contribution in [0.1, 0.15) is 30.3 Å². The third-order valence-corrected chi connectivity index (χ3v) is 4.70. The van der Waals surface area contributed by atoms with E-state index < -0.39 is 0 Å². The van der Waals surface area contributed by atoms with Gasteiger partial charge < -0.3 is 15.0 Å². The van der Waals surface area contributed by atoms with Crippen molar-refractivity contribution in [1.82, 2.24) is 20.0 Å². The number of aromatic nitrogens is 2. The van der Waals surface area contributed by atoms with Crippen molar-refractivity contribution in [2.24, 2.45) is 0 Å². The molecule has 7 heteroatoms. The molecule has 1 aromatic heterocycles. The highest BCUT2D eigenvalue weighted by Gasteiger charge is 2.16. The lowest BCUT2D eigenvalue weighted by atomic mass is 10.1. The molecule has 0 aliphatic carbocycles. The van der Waals surface area contributed by atoms with Gasteiger partial charge in [0.15, 0.2) is 0 Å². The monoisotopic (exact) mass is 371 g/mol. The number of benzene rings is 1. The molecule has 2 aromatic rings. The first-order valence-electron chi connectivity index (χ1n) is 9.59. The summed E-state index contributed by atoms with van der Waals surface area (Å²) in [5, 5.41) is 10.3. The number of para-hydroxylation sites is 1. The molecule has 1 aromatic carbocycles. The van der Waals surface area contributed by atoms with E-state index in [1.54, 1.807) is 11.9 Å². The third kappa shape index (κ3) is 5.55. The molecule has 1 aliphatic heterocycles. The molecule has 1 fully saturated rings. The van der Waals surface area contributed by atoms with Gasteiger partial charge in [0.25, 0.3) is 0 Å². The molecule has 0 bridgehead atoms. The van der Waals surface area contributed by atoms with Gasteiger partial charge in [-0.15, -0.1) is 0 Å². The minimum Gasteiger partial charge on any atom is -0.379 e. The van der Waals surface area contributed by atoms with Gasteiger partial charge in [-0.25, -0.2) is 4.79 Å². The molecule has 2 heterocycles. The summed E-state index contributed by atoms with van der Waals surface area (Å²) in [6.07, 6.45) is 2.00. The fourth-order valence-electron chi connectivity index (χ4n) is 3.19. The van der Waals surface area contributed by atoms with Gasteiger partial charge in [0.1, 0.15) is 0 Å². The molecule has 1 saturated heterocycles. The van der Waals surface area contributed by atoms with Crippen LogP contribution in [0.5, 0.6) is 0 Å². The van der Waals surface area contributed by atoms with Crippen molar-refractivity contribution < 1.29 is 9.53 Å². The summed E-state index contributed by atoms with van der Waals surface area (Å²) in [6.45, 7) is 6.80. The lowest BCUT2D eigenvalue weighted by molar-refractivity contribution is 0.0342. The number of aryl methyl sites for hydroxylation is 1. The largest absolute Gasteiger partial charge is 0.379 e. The number of nitrogens with one attached hydrogen (secondary N) is 2. The second-order valence-corrected chi connectivity index (χ2v) is 6.97. The zero-order valence-corrected chi connectivity index (χ0v) is 16.2. The summed E-state index contributed by atoms with van der Waals surface area (Å²) in [5.74, 6) is 0. The first-order chi connectivity index (χ1) is 13.2. The van der Waals surface area contributed by atoms with Gasteiger partial charge in [0, 0.05) is 32.4 Å². The predicted octanol–water partition coefficient (Wildman–Crippen LogP) is 2.86. The van der Waals surface area contributed by atoms with Crippen LogP contribution in [0.2, 0.25) is 0 Å². The van der Waals surface area contributed by atoms with Crippen LogP contribution in [0.15, 0.2) is 30.3 Å². The molecule has 0 spiro atoms. The van der Waals surface area contributed by atoms with Crippen LogP contribution in [0, 0.1) is 0 Å².